The van der Waals surface area contributed by atoms with Crippen LogP contribution in [0, 0.1) is 0 Å². The normalized spacial score (nSPS) is 18.3. The molecule has 1 saturated heterocycles. The van der Waals surface area contributed by atoms with Gasteiger partial charge in [-0.1, -0.05) is 30.3 Å². The molecule has 1 atom stereocenters. The molecular formula is C16H25N3O2. The molecule has 116 valence electrons. The number of carbonyl (C=O) groups excluding carboxylic acids is 1. The smallest absolute Gasteiger partial charge is 0.239 e. The summed E-state index contributed by atoms with van der Waals surface area (Å²) in [5.74, 6) is 0.0321. The van der Waals surface area contributed by atoms with E-state index in [4.69, 9.17) is 10.8 Å². The Balaban J connectivity index is 1.87. The van der Waals surface area contributed by atoms with Crippen molar-refractivity contribution in [2.75, 3.05) is 39.3 Å². The number of amides is 1. The van der Waals surface area contributed by atoms with E-state index in [1.807, 2.05) is 35.2 Å². The highest BCUT2D eigenvalue weighted by molar-refractivity contribution is 5.82. The van der Waals surface area contributed by atoms with E-state index in [0.717, 1.165) is 31.6 Å². The van der Waals surface area contributed by atoms with Crippen LogP contribution >= 0.6 is 0 Å². The number of carbonyl (C=O) groups is 1. The third kappa shape index (κ3) is 4.81. The Morgan fingerprint density at radius 2 is 1.95 bits per heavy atom. The molecule has 1 aliphatic rings. The zero-order valence-electron chi connectivity index (χ0n) is 12.4. The number of benzene rings is 1. The molecule has 0 saturated carbocycles. The van der Waals surface area contributed by atoms with E-state index in [0.29, 0.717) is 19.5 Å². The molecule has 1 heterocycles. The molecule has 0 aromatic heterocycles. The van der Waals surface area contributed by atoms with Crippen molar-refractivity contribution < 1.29 is 9.90 Å². The second-order valence-electron chi connectivity index (χ2n) is 5.54. The summed E-state index contributed by atoms with van der Waals surface area (Å²) in [7, 11) is 0. The number of hydrogen-bond acceptors (Lipinski definition) is 4. The van der Waals surface area contributed by atoms with E-state index in [1.165, 1.54) is 0 Å². The Hall–Kier alpha value is -1.43. The van der Waals surface area contributed by atoms with Crippen LogP contribution in [0.1, 0.15) is 12.0 Å². The van der Waals surface area contributed by atoms with E-state index in [1.54, 1.807) is 0 Å². The molecule has 1 amide bonds. The maximum atomic E-state index is 12.5. The van der Waals surface area contributed by atoms with Gasteiger partial charge in [0, 0.05) is 26.2 Å². The Kier molecular flexibility index (Phi) is 6.17. The summed E-state index contributed by atoms with van der Waals surface area (Å²) in [6.45, 7) is 4.03. The lowest BCUT2D eigenvalue weighted by Crippen LogP contribution is -2.46. The summed E-state index contributed by atoms with van der Waals surface area (Å²) < 4.78 is 0. The zero-order chi connectivity index (χ0) is 15.1. The number of nitrogens with two attached hydrogens (primary N) is 1. The van der Waals surface area contributed by atoms with Crippen LogP contribution in [0.5, 0.6) is 0 Å². The van der Waals surface area contributed by atoms with Gasteiger partial charge in [0.15, 0.2) is 0 Å². The second-order valence-corrected chi connectivity index (χ2v) is 5.54. The van der Waals surface area contributed by atoms with Gasteiger partial charge in [0.2, 0.25) is 5.91 Å². The van der Waals surface area contributed by atoms with Gasteiger partial charge in [-0.3, -0.25) is 9.69 Å². The van der Waals surface area contributed by atoms with E-state index in [9.17, 15) is 4.79 Å². The summed E-state index contributed by atoms with van der Waals surface area (Å²) in [4.78, 5) is 16.5. The summed E-state index contributed by atoms with van der Waals surface area (Å²) in [6, 6.07) is 9.41. The first-order valence-corrected chi connectivity index (χ1v) is 7.62. The molecule has 3 N–H and O–H groups in total. The lowest BCUT2D eigenvalue weighted by molar-refractivity contribution is -0.132. The van der Waals surface area contributed by atoms with Crippen LogP contribution < -0.4 is 5.73 Å². The van der Waals surface area contributed by atoms with Crippen LogP contribution in [-0.2, 0) is 11.2 Å². The van der Waals surface area contributed by atoms with Gasteiger partial charge in [0.05, 0.1) is 12.6 Å². The molecule has 5 nitrogen and oxygen atoms in total. The third-order valence-electron chi connectivity index (χ3n) is 3.93. The predicted molar refractivity (Wildman–Crippen MR) is 82.8 cm³/mol. The van der Waals surface area contributed by atoms with Crippen molar-refractivity contribution >= 4 is 5.91 Å². The van der Waals surface area contributed by atoms with E-state index < -0.39 is 6.04 Å². The number of nitrogens with zero attached hydrogens (tertiary/aromatic N) is 2. The van der Waals surface area contributed by atoms with E-state index >= 15 is 0 Å². The maximum absolute atomic E-state index is 12.5. The van der Waals surface area contributed by atoms with Gasteiger partial charge in [-0.25, -0.2) is 0 Å². The first-order chi connectivity index (χ1) is 10.2. The Labute approximate surface area is 126 Å². The number of hydrogen-bond donors (Lipinski definition) is 2. The molecule has 0 unspecified atom stereocenters. The number of aliphatic hydroxyl groups excluding tert-OH is 1. The van der Waals surface area contributed by atoms with Crippen LogP contribution in [0.2, 0.25) is 0 Å². The molecule has 21 heavy (non-hydrogen) atoms. The quantitative estimate of drug-likeness (QED) is 0.806. The molecule has 1 aromatic carbocycles. The summed E-state index contributed by atoms with van der Waals surface area (Å²) in [6.07, 6.45) is 1.51. The first kappa shape index (κ1) is 15.9. The fourth-order valence-corrected chi connectivity index (χ4v) is 2.75. The van der Waals surface area contributed by atoms with Crippen molar-refractivity contribution in [1.29, 1.82) is 0 Å². The molecule has 0 bridgehead atoms. The molecular weight excluding hydrogens is 266 g/mol. The van der Waals surface area contributed by atoms with E-state index in [-0.39, 0.29) is 12.5 Å². The lowest BCUT2D eigenvalue weighted by Gasteiger charge is -2.24. The molecule has 0 aliphatic carbocycles. The predicted octanol–water partition coefficient (Wildman–Crippen LogP) is 0.0830. The summed E-state index contributed by atoms with van der Waals surface area (Å²) >= 11 is 0. The maximum Gasteiger partial charge on any atom is 0.239 e. The Morgan fingerprint density at radius 1 is 1.19 bits per heavy atom. The first-order valence-electron chi connectivity index (χ1n) is 7.62. The summed E-state index contributed by atoms with van der Waals surface area (Å²) in [5, 5.41) is 9.00. The largest absolute Gasteiger partial charge is 0.395 e. The molecule has 1 fully saturated rings. The lowest BCUT2D eigenvalue weighted by atomic mass is 10.1. The van der Waals surface area contributed by atoms with Crippen LogP contribution in [0.4, 0.5) is 0 Å². The third-order valence-corrected chi connectivity index (χ3v) is 3.93. The Bertz CT molecular complexity index is 438. The van der Waals surface area contributed by atoms with Crippen molar-refractivity contribution in [1.82, 2.24) is 9.80 Å². The Morgan fingerprint density at radius 3 is 2.67 bits per heavy atom. The van der Waals surface area contributed by atoms with Gasteiger partial charge in [0.25, 0.3) is 0 Å². The van der Waals surface area contributed by atoms with Crippen LogP contribution in [0.25, 0.3) is 0 Å². The number of aliphatic hydroxyl groups is 1. The minimum Gasteiger partial charge on any atom is -0.395 e. The van der Waals surface area contributed by atoms with Gasteiger partial charge in [-0.15, -0.1) is 0 Å². The van der Waals surface area contributed by atoms with Crippen LogP contribution in [0.3, 0.4) is 0 Å². The molecule has 5 heteroatoms. The summed E-state index contributed by atoms with van der Waals surface area (Å²) in [5.41, 5.74) is 7.17. The second kappa shape index (κ2) is 8.12. The highest BCUT2D eigenvalue weighted by Crippen LogP contribution is 2.08. The van der Waals surface area contributed by atoms with Crippen LogP contribution in [-0.4, -0.2) is 66.2 Å². The average Bonchev–Trinajstić information content (AvgIpc) is 2.73. The number of β-amino-alcohol motifs (C(OH)–C–C–N with tert-alkyl or cyclic N) is 1. The zero-order valence-corrected chi connectivity index (χ0v) is 12.4. The molecule has 0 radical (unpaired) electrons. The van der Waals surface area contributed by atoms with Crippen molar-refractivity contribution in [3.8, 4) is 0 Å². The van der Waals surface area contributed by atoms with Crippen molar-refractivity contribution in [2.24, 2.45) is 5.73 Å². The van der Waals surface area contributed by atoms with E-state index in [2.05, 4.69) is 4.90 Å². The van der Waals surface area contributed by atoms with Crippen molar-refractivity contribution in [3.05, 3.63) is 35.9 Å². The van der Waals surface area contributed by atoms with Gasteiger partial charge in [-0.2, -0.15) is 0 Å². The fraction of sp³-hybridized carbons (Fsp3) is 0.562. The molecule has 1 aromatic rings. The van der Waals surface area contributed by atoms with Crippen molar-refractivity contribution in [2.45, 2.75) is 18.9 Å². The average molecular weight is 291 g/mol. The highest BCUT2D eigenvalue weighted by Gasteiger charge is 2.23. The standard InChI is InChI=1S/C16H25N3O2/c17-15(13-14-5-2-1-3-6-14)16(21)19-8-4-7-18(9-10-19)11-12-20/h1-3,5-6,15,20H,4,7-13,17H2/t15-/m1/s1. The number of rotatable bonds is 5. The molecule has 0 spiro atoms. The topological polar surface area (TPSA) is 69.8 Å². The minimum atomic E-state index is -0.475. The minimum absolute atomic E-state index is 0.0321. The molecule has 2 rings (SSSR count). The van der Waals surface area contributed by atoms with Gasteiger partial charge >= 0.3 is 0 Å². The van der Waals surface area contributed by atoms with Crippen molar-refractivity contribution in [3.63, 3.8) is 0 Å². The van der Waals surface area contributed by atoms with Gasteiger partial charge in [0.1, 0.15) is 0 Å². The SMILES string of the molecule is N[C@H](Cc1ccccc1)C(=O)N1CCCN(CCO)CC1. The molecule has 1 aliphatic heterocycles. The fourth-order valence-electron chi connectivity index (χ4n) is 2.75. The monoisotopic (exact) mass is 291 g/mol. The van der Waals surface area contributed by atoms with Crippen LogP contribution in [0.15, 0.2) is 30.3 Å². The van der Waals surface area contributed by atoms with Gasteiger partial charge in [-0.05, 0) is 24.9 Å². The highest BCUT2D eigenvalue weighted by atomic mass is 16.3. The van der Waals surface area contributed by atoms with Gasteiger partial charge < -0.3 is 15.7 Å².